The molecule has 0 aliphatic heterocycles. The van der Waals surface area contributed by atoms with Crippen molar-refractivity contribution in [1.82, 2.24) is 9.97 Å². The third kappa shape index (κ3) is 2.54. The van der Waals surface area contributed by atoms with Crippen LogP contribution in [-0.4, -0.2) is 34.6 Å². The Labute approximate surface area is 113 Å². The molecule has 2 aromatic heterocycles. The number of anilines is 1. The second-order valence-electron chi connectivity index (χ2n) is 3.85. The zero-order valence-electron chi connectivity index (χ0n) is 9.97. The summed E-state index contributed by atoms with van der Waals surface area (Å²) in [7, 11) is 1.68. The Balaban J connectivity index is 2.53. The second-order valence-corrected chi connectivity index (χ2v) is 5.30. The van der Waals surface area contributed by atoms with Gasteiger partial charge in [0, 0.05) is 11.9 Å². The molecule has 1 N–H and O–H groups in total. The average Bonchev–Trinajstić information content (AvgIpc) is 2.69. The third-order valence-corrected chi connectivity index (χ3v) is 3.82. The van der Waals surface area contributed by atoms with Gasteiger partial charge in [0.2, 0.25) is 5.28 Å². The van der Waals surface area contributed by atoms with Gasteiger partial charge in [-0.3, -0.25) is 4.79 Å². The molecule has 5 nitrogen and oxygen atoms in total. The van der Waals surface area contributed by atoms with Crippen molar-refractivity contribution in [3.63, 3.8) is 0 Å². The number of aryl methyl sites for hydroxylation is 1. The molecule has 0 atom stereocenters. The molecule has 96 valence electrons. The number of hydrogen-bond acceptors (Lipinski definition) is 5. The van der Waals surface area contributed by atoms with E-state index in [0.717, 1.165) is 16.6 Å². The number of likely N-dealkylation sites (N-methyl/N-ethyl adjacent to an activating group) is 1. The minimum Gasteiger partial charge on any atom is -0.480 e. The van der Waals surface area contributed by atoms with E-state index in [-0.39, 0.29) is 11.8 Å². The number of halogens is 1. The van der Waals surface area contributed by atoms with Crippen LogP contribution in [0.2, 0.25) is 5.28 Å². The van der Waals surface area contributed by atoms with Crippen molar-refractivity contribution in [1.29, 1.82) is 0 Å². The summed E-state index contributed by atoms with van der Waals surface area (Å²) < 4.78 is 0. The van der Waals surface area contributed by atoms with Crippen molar-refractivity contribution < 1.29 is 9.90 Å². The molecule has 0 amide bonds. The van der Waals surface area contributed by atoms with Crippen LogP contribution in [0.3, 0.4) is 0 Å². The highest BCUT2D eigenvalue weighted by Crippen LogP contribution is 2.31. The minimum absolute atomic E-state index is 0.125. The normalized spacial score (nSPS) is 10.8. The lowest BCUT2D eigenvalue weighted by atomic mass is 10.3. The highest BCUT2D eigenvalue weighted by atomic mass is 35.5. The summed E-state index contributed by atoms with van der Waals surface area (Å²) in [5.41, 5.74) is 0. The summed E-state index contributed by atoms with van der Waals surface area (Å²) in [6, 6.07) is 1.99. The second kappa shape index (κ2) is 5.07. The molecule has 18 heavy (non-hydrogen) atoms. The number of carboxylic acid groups (broad SMARTS) is 1. The van der Waals surface area contributed by atoms with Gasteiger partial charge in [0.1, 0.15) is 17.2 Å². The van der Waals surface area contributed by atoms with Crippen LogP contribution in [0.25, 0.3) is 10.2 Å². The quantitative estimate of drug-likeness (QED) is 0.874. The topological polar surface area (TPSA) is 66.3 Å². The zero-order chi connectivity index (χ0) is 13.3. The molecule has 0 radical (unpaired) electrons. The predicted octanol–water partition coefficient (Wildman–Crippen LogP) is 2.43. The van der Waals surface area contributed by atoms with E-state index >= 15 is 0 Å². The predicted molar refractivity (Wildman–Crippen MR) is 72.7 cm³/mol. The van der Waals surface area contributed by atoms with Gasteiger partial charge in [-0.1, -0.05) is 6.92 Å². The standard InChI is InChI=1S/C11H12ClN3O2S/c1-3-6-4-7-9(15(2)5-8(16)17)13-11(12)14-10(7)18-6/h4H,3,5H2,1-2H3,(H,16,17). The van der Waals surface area contributed by atoms with E-state index in [1.54, 1.807) is 23.3 Å². The first-order valence-corrected chi connectivity index (χ1v) is 6.59. The summed E-state index contributed by atoms with van der Waals surface area (Å²) >= 11 is 7.42. The molecule has 0 aromatic carbocycles. The number of aromatic nitrogens is 2. The molecule has 0 fully saturated rings. The first-order valence-electron chi connectivity index (χ1n) is 5.40. The van der Waals surface area contributed by atoms with Crippen LogP contribution >= 0.6 is 22.9 Å². The molecule has 2 rings (SSSR count). The lowest BCUT2D eigenvalue weighted by molar-refractivity contribution is -0.135. The van der Waals surface area contributed by atoms with Crippen molar-refractivity contribution in [3.05, 3.63) is 16.2 Å². The molecule has 0 aliphatic rings. The van der Waals surface area contributed by atoms with Crippen molar-refractivity contribution >= 4 is 44.9 Å². The van der Waals surface area contributed by atoms with E-state index in [2.05, 4.69) is 16.9 Å². The lowest BCUT2D eigenvalue weighted by Gasteiger charge is -2.16. The van der Waals surface area contributed by atoms with Crippen LogP contribution in [-0.2, 0) is 11.2 Å². The number of carboxylic acids is 1. The smallest absolute Gasteiger partial charge is 0.323 e. The van der Waals surface area contributed by atoms with Gasteiger partial charge in [0.25, 0.3) is 0 Å². The van der Waals surface area contributed by atoms with Gasteiger partial charge >= 0.3 is 5.97 Å². The monoisotopic (exact) mass is 285 g/mol. The molecular weight excluding hydrogens is 274 g/mol. The van der Waals surface area contributed by atoms with E-state index in [1.807, 2.05) is 6.07 Å². The highest BCUT2D eigenvalue weighted by Gasteiger charge is 2.15. The van der Waals surface area contributed by atoms with Crippen LogP contribution in [0.15, 0.2) is 6.07 Å². The fraction of sp³-hybridized carbons (Fsp3) is 0.364. The number of rotatable bonds is 4. The van der Waals surface area contributed by atoms with Gasteiger partial charge in [-0.2, -0.15) is 4.98 Å². The summed E-state index contributed by atoms with van der Waals surface area (Å²) in [6.45, 7) is 1.93. The number of aliphatic carboxylic acids is 1. The maximum Gasteiger partial charge on any atom is 0.323 e. The van der Waals surface area contributed by atoms with E-state index in [0.29, 0.717) is 5.82 Å². The van der Waals surface area contributed by atoms with Crippen LogP contribution < -0.4 is 4.90 Å². The number of thiophene rings is 1. The van der Waals surface area contributed by atoms with Gasteiger partial charge < -0.3 is 10.0 Å². The molecule has 0 aliphatic carbocycles. The summed E-state index contributed by atoms with van der Waals surface area (Å²) in [6.07, 6.45) is 0.904. The SMILES string of the molecule is CCc1cc2c(N(C)CC(=O)O)nc(Cl)nc2s1. The first-order chi connectivity index (χ1) is 8.51. The van der Waals surface area contributed by atoms with Crippen LogP contribution in [0.1, 0.15) is 11.8 Å². The first kappa shape index (κ1) is 13.0. The molecule has 2 aromatic rings. The maximum absolute atomic E-state index is 10.7. The van der Waals surface area contributed by atoms with Gasteiger partial charge in [-0.25, -0.2) is 4.98 Å². The number of hydrogen-bond donors (Lipinski definition) is 1. The summed E-state index contributed by atoms with van der Waals surface area (Å²) in [5, 5.41) is 9.81. The number of fused-ring (bicyclic) bond motifs is 1. The Morgan fingerprint density at radius 2 is 2.28 bits per heavy atom. The van der Waals surface area contributed by atoms with Gasteiger partial charge in [0.05, 0.1) is 5.39 Å². The lowest BCUT2D eigenvalue weighted by Crippen LogP contribution is -2.26. The Hall–Kier alpha value is -1.40. The largest absolute Gasteiger partial charge is 0.480 e. The van der Waals surface area contributed by atoms with E-state index in [1.165, 1.54) is 4.88 Å². The van der Waals surface area contributed by atoms with Crippen molar-refractivity contribution in [2.75, 3.05) is 18.5 Å². The summed E-state index contributed by atoms with van der Waals surface area (Å²) in [4.78, 5) is 22.6. The zero-order valence-corrected chi connectivity index (χ0v) is 11.5. The third-order valence-electron chi connectivity index (χ3n) is 2.48. The number of nitrogens with zero attached hydrogens (tertiary/aromatic N) is 3. The van der Waals surface area contributed by atoms with Crippen molar-refractivity contribution in [2.24, 2.45) is 0 Å². The van der Waals surface area contributed by atoms with Gasteiger partial charge in [0.15, 0.2) is 0 Å². The van der Waals surface area contributed by atoms with Crippen molar-refractivity contribution in [3.8, 4) is 0 Å². The van der Waals surface area contributed by atoms with Gasteiger partial charge in [-0.15, -0.1) is 11.3 Å². The molecule has 7 heteroatoms. The highest BCUT2D eigenvalue weighted by molar-refractivity contribution is 7.18. The average molecular weight is 286 g/mol. The van der Waals surface area contributed by atoms with Crippen LogP contribution in [0.5, 0.6) is 0 Å². The molecular formula is C11H12ClN3O2S. The molecule has 0 bridgehead atoms. The fourth-order valence-electron chi connectivity index (χ4n) is 1.67. The Morgan fingerprint density at radius 3 is 2.89 bits per heavy atom. The minimum atomic E-state index is -0.911. The Morgan fingerprint density at radius 1 is 1.56 bits per heavy atom. The summed E-state index contributed by atoms with van der Waals surface area (Å²) in [5.74, 6) is -0.352. The fourth-order valence-corrected chi connectivity index (χ4v) is 2.85. The van der Waals surface area contributed by atoms with E-state index < -0.39 is 5.97 Å². The molecule has 0 spiro atoms. The van der Waals surface area contributed by atoms with E-state index in [9.17, 15) is 4.79 Å². The number of carbonyl (C=O) groups is 1. The van der Waals surface area contributed by atoms with E-state index in [4.69, 9.17) is 16.7 Å². The van der Waals surface area contributed by atoms with Gasteiger partial charge in [-0.05, 0) is 24.1 Å². The Bertz CT molecular complexity index is 599. The maximum atomic E-state index is 10.7. The van der Waals surface area contributed by atoms with Crippen molar-refractivity contribution in [2.45, 2.75) is 13.3 Å². The molecule has 0 saturated heterocycles. The van der Waals surface area contributed by atoms with Crippen LogP contribution in [0, 0.1) is 0 Å². The Kier molecular flexibility index (Phi) is 3.68. The molecule has 0 saturated carbocycles. The van der Waals surface area contributed by atoms with Crippen LogP contribution in [0.4, 0.5) is 5.82 Å². The molecule has 0 unspecified atom stereocenters. The molecule has 2 heterocycles.